The van der Waals surface area contributed by atoms with E-state index in [4.69, 9.17) is 0 Å². The summed E-state index contributed by atoms with van der Waals surface area (Å²) in [5, 5.41) is 2.51. The van der Waals surface area contributed by atoms with Gasteiger partial charge in [-0.2, -0.15) is 0 Å². The molecule has 0 aliphatic heterocycles. The molecule has 0 saturated carbocycles. The van der Waals surface area contributed by atoms with Gasteiger partial charge in [-0.05, 0) is 35.9 Å². The first-order valence-corrected chi connectivity index (χ1v) is 9.60. The van der Waals surface area contributed by atoms with Crippen molar-refractivity contribution in [1.29, 1.82) is 0 Å². The summed E-state index contributed by atoms with van der Waals surface area (Å²) in [5.41, 5.74) is 2.31. The number of sulfonamides is 1. The summed E-state index contributed by atoms with van der Waals surface area (Å²) in [4.78, 5) is 11.4. The third-order valence-electron chi connectivity index (χ3n) is 3.83. The molecule has 0 fully saturated rings. The van der Waals surface area contributed by atoms with E-state index >= 15 is 0 Å². The van der Waals surface area contributed by atoms with Crippen LogP contribution in [0.25, 0.3) is 11.1 Å². The van der Waals surface area contributed by atoms with Crippen molar-refractivity contribution in [3.8, 4) is 11.1 Å². The Balaban J connectivity index is 1.87. The second-order valence-electron chi connectivity index (χ2n) is 5.66. The van der Waals surface area contributed by atoms with Crippen molar-refractivity contribution in [3.05, 3.63) is 78.9 Å². The molecule has 0 radical (unpaired) electrons. The van der Waals surface area contributed by atoms with E-state index in [9.17, 15) is 13.2 Å². The van der Waals surface area contributed by atoms with E-state index in [0.717, 1.165) is 5.56 Å². The Labute approximate surface area is 157 Å². The van der Waals surface area contributed by atoms with Crippen LogP contribution in [0.5, 0.6) is 0 Å². The molecule has 2 N–H and O–H groups in total. The van der Waals surface area contributed by atoms with Crippen LogP contribution in [0, 0.1) is 0 Å². The molecular weight excluding hydrogens is 364 g/mol. The van der Waals surface area contributed by atoms with Crippen LogP contribution < -0.4 is 10.0 Å². The number of anilines is 2. The summed E-state index contributed by atoms with van der Waals surface area (Å²) in [5.74, 6) is 0. The van der Waals surface area contributed by atoms with Crippen molar-refractivity contribution in [1.82, 2.24) is 0 Å². The lowest BCUT2D eigenvalue weighted by atomic mass is 10.1. The molecule has 0 heterocycles. The van der Waals surface area contributed by atoms with Crippen LogP contribution >= 0.6 is 0 Å². The van der Waals surface area contributed by atoms with E-state index in [2.05, 4.69) is 14.8 Å². The number of ether oxygens (including phenoxy) is 1. The molecule has 27 heavy (non-hydrogen) atoms. The number of benzene rings is 3. The van der Waals surface area contributed by atoms with Gasteiger partial charge in [-0.15, -0.1) is 0 Å². The largest absolute Gasteiger partial charge is 0.453 e. The van der Waals surface area contributed by atoms with E-state index in [0.29, 0.717) is 16.9 Å². The highest BCUT2D eigenvalue weighted by molar-refractivity contribution is 7.92. The van der Waals surface area contributed by atoms with Crippen LogP contribution in [-0.2, 0) is 14.8 Å². The van der Waals surface area contributed by atoms with Crippen molar-refractivity contribution in [3.63, 3.8) is 0 Å². The normalized spacial score (nSPS) is 10.9. The predicted octanol–water partition coefficient (Wildman–Crippen LogP) is 4.33. The predicted molar refractivity (Wildman–Crippen MR) is 105 cm³/mol. The van der Waals surface area contributed by atoms with Crippen LogP contribution in [-0.4, -0.2) is 21.6 Å². The standard InChI is InChI=1S/C20H18N2O4S/c1-26-20(23)21-16-11-13-17(14-12-16)22-27(24,25)19-10-6-5-9-18(19)15-7-3-2-4-8-15/h2-14,22H,1H3,(H,21,23). The fraction of sp³-hybridized carbons (Fsp3) is 0.0500. The molecule has 0 spiro atoms. The lowest BCUT2D eigenvalue weighted by Crippen LogP contribution is -2.14. The zero-order valence-electron chi connectivity index (χ0n) is 14.5. The molecule has 3 rings (SSSR count). The number of hydrogen-bond donors (Lipinski definition) is 2. The molecule has 0 aliphatic rings. The molecule has 1 amide bonds. The third kappa shape index (κ3) is 4.45. The first-order chi connectivity index (χ1) is 13.0. The molecule has 0 unspecified atom stereocenters. The topological polar surface area (TPSA) is 84.5 Å². The number of rotatable bonds is 5. The van der Waals surface area contributed by atoms with Crippen LogP contribution in [0.2, 0.25) is 0 Å². The fourth-order valence-corrected chi connectivity index (χ4v) is 3.85. The molecule has 138 valence electrons. The first kappa shape index (κ1) is 18.5. The summed E-state index contributed by atoms with van der Waals surface area (Å²) < 4.78 is 32.9. The van der Waals surface area contributed by atoms with Crippen LogP contribution in [0.4, 0.5) is 16.2 Å². The number of carbonyl (C=O) groups is 1. The number of nitrogens with one attached hydrogen (secondary N) is 2. The van der Waals surface area contributed by atoms with Crippen molar-refractivity contribution in [2.45, 2.75) is 4.90 Å². The minimum absolute atomic E-state index is 0.188. The lowest BCUT2D eigenvalue weighted by Gasteiger charge is -2.13. The van der Waals surface area contributed by atoms with Crippen molar-refractivity contribution < 1.29 is 17.9 Å². The van der Waals surface area contributed by atoms with E-state index in [1.165, 1.54) is 7.11 Å². The van der Waals surface area contributed by atoms with Crippen LogP contribution in [0.15, 0.2) is 83.8 Å². The van der Waals surface area contributed by atoms with Crippen LogP contribution in [0.3, 0.4) is 0 Å². The molecule has 3 aromatic carbocycles. The molecule has 7 heteroatoms. The Kier molecular flexibility index (Phi) is 5.42. The van der Waals surface area contributed by atoms with E-state index in [-0.39, 0.29) is 4.90 Å². The zero-order valence-corrected chi connectivity index (χ0v) is 15.4. The number of amides is 1. The second kappa shape index (κ2) is 7.92. The minimum Gasteiger partial charge on any atom is -0.453 e. The van der Waals surface area contributed by atoms with Gasteiger partial charge in [0.05, 0.1) is 12.0 Å². The summed E-state index contributed by atoms with van der Waals surface area (Å²) in [6.07, 6.45) is -0.597. The Morgan fingerprint density at radius 2 is 1.41 bits per heavy atom. The fourth-order valence-electron chi connectivity index (χ4n) is 2.56. The van der Waals surface area contributed by atoms with E-state index < -0.39 is 16.1 Å². The van der Waals surface area contributed by atoms with Gasteiger partial charge in [-0.3, -0.25) is 10.0 Å². The second-order valence-corrected chi connectivity index (χ2v) is 7.31. The number of carbonyl (C=O) groups excluding carboxylic acids is 1. The van der Waals surface area contributed by atoms with Gasteiger partial charge in [0.1, 0.15) is 0 Å². The Morgan fingerprint density at radius 1 is 0.815 bits per heavy atom. The molecular formula is C20H18N2O4S. The summed E-state index contributed by atoms with van der Waals surface area (Å²) in [6, 6.07) is 22.4. The number of hydrogen-bond acceptors (Lipinski definition) is 4. The molecule has 0 bridgehead atoms. The molecule has 0 aliphatic carbocycles. The maximum absolute atomic E-state index is 12.9. The van der Waals surface area contributed by atoms with Gasteiger partial charge in [0.25, 0.3) is 10.0 Å². The van der Waals surface area contributed by atoms with Crippen molar-refractivity contribution in [2.24, 2.45) is 0 Å². The van der Waals surface area contributed by atoms with E-state index in [1.807, 2.05) is 30.3 Å². The smallest absolute Gasteiger partial charge is 0.411 e. The Morgan fingerprint density at radius 3 is 2.07 bits per heavy atom. The van der Waals surface area contributed by atoms with E-state index in [1.54, 1.807) is 48.5 Å². The van der Waals surface area contributed by atoms with Crippen molar-refractivity contribution >= 4 is 27.5 Å². The maximum atomic E-state index is 12.9. The highest BCUT2D eigenvalue weighted by Gasteiger charge is 2.19. The summed E-state index contributed by atoms with van der Waals surface area (Å²) in [6.45, 7) is 0. The zero-order chi connectivity index (χ0) is 19.3. The lowest BCUT2D eigenvalue weighted by molar-refractivity contribution is 0.187. The molecule has 0 saturated heterocycles. The van der Waals surface area contributed by atoms with Gasteiger partial charge < -0.3 is 4.74 Å². The maximum Gasteiger partial charge on any atom is 0.411 e. The van der Waals surface area contributed by atoms with Gasteiger partial charge >= 0.3 is 6.09 Å². The van der Waals surface area contributed by atoms with Gasteiger partial charge in [-0.1, -0.05) is 48.5 Å². The van der Waals surface area contributed by atoms with Gasteiger partial charge in [-0.25, -0.2) is 13.2 Å². The summed E-state index contributed by atoms with van der Waals surface area (Å²) in [7, 11) is -2.53. The highest BCUT2D eigenvalue weighted by Crippen LogP contribution is 2.28. The Hall–Kier alpha value is -3.32. The molecule has 3 aromatic rings. The first-order valence-electron chi connectivity index (χ1n) is 8.12. The molecule has 0 atom stereocenters. The third-order valence-corrected chi connectivity index (χ3v) is 5.27. The number of methoxy groups -OCH3 is 1. The molecule has 6 nitrogen and oxygen atoms in total. The van der Waals surface area contributed by atoms with Gasteiger partial charge in [0.15, 0.2) is 0 Å². The monoisotopic (exact) mass is 382 g/mol. The van der Waals surface area contributed by atoms with Crippen molar-refractivity contribution in [2.75, 3.05) is 17.1 Å². The minimum atomic E-state index is -3.79. The van der Waals surface area contributed by atoms with Crippen LogP contribution in [0.1, 0.15) is 0 Å². The Bertz CT molecular complexity index is 1030. The van der Waals surface area contributed by atoms with Gasteiger partial charge in [0.2, 0.25) is 0 Å². The molecule has 0 aromatic heterocycles. The summed E-state index contributed by atoms with van der Waals surface area (Å²) >= 11 is 0. The highest BCUT2D eigenvalue weighted by atomic mass is 32.2. The average Bonchev–Trinajstić information content (AvgIpc) is 2.70. The van der Waals surface area contributed by atoms with Gasteiger partial charge in [0, 0.05) is 16.9 Å². The SMILES string of the molecule is COC(=O)Nc1ccc(NS(=O)(=O)c2ccccc2-c2ccccc2)cc1. The average molecular weight is 382 g/mol. The quantitative estimate of drug-likeness (QED) is 0.688.